The molecule has 0 aliphatic carbocycles. The van der Waals surface area contributed by atoms with Gasteiger partial charge in [-0.2, -0.15) is 0 Å². The molecule has 1 unspecified atom stereocenters. The van der Waals surface area contributed by atoms with Gasteiger partial charge in [0, 0.05) is 13.2 Å². The summed E-state index contributed by atoms with van der Waals surface area (Å²) in [6, 6.07) is 8.96. The molecular formula is C15H23N3O3. The number of benzene rings is 1. The van der Waals surface area contributed by atoms with Gasteiger partial charge in [-0.05, 0) is 11.5 Å². The van der Waals surface area contributed by atoms with Crippen LogP contribution in [-0.2, 0) is 9.53 Å². The summed E-state index contributed by atoms with van der Waals surface area (Å²) in [6.07, 6.45) is 0. The van der Waals surface area contributed by atoms with E-state index in [-0.39, 0.29) is 11.7 Å². The zero-order valence-corrected chi connectivity index (χ0v) is 12.5. The van der Waals surface area contributed by atoms with Gasteiger partial charge in [-0.3, -0.25) is 4.79 Å². The standard InChI is InChI=1S/C15H23N3O3/c1-11(2)10-21-9-8-17-15(19)13(14(16)18-20)12-6-4-3-5-7-12/h3-7,11,13,20H,8-10H2,1-2H3,(H2,16,18)(H,17,19). The summed E-state index contributed by atoms with van der Waals surface area (Å²) in [5.41, 5.74) is 6.30. The van der Waals surface area contributed by atoms with Crippen molar-refractivity contribution in [3.05, 3.63) is 35.9 Å². The van der Waals surface area contributed by atoms with Gasteiger partial charge < -0.3 is 21.0 Å². The highest BCUT2D eigenvalue weighted by atomic mass is 16.5. The summed E-state index contributed by atoms with van der Waals surface area (Å²) in [4.78, 5) is 12.2. The average Bonchev–Trinajstić information content (AvgIpc) is 2.47. The molecule has 1 aromatic carbocycles. The van der Waals surface area contributed by atoms with E-state index in [9.17, 15) is 4.79 Å². The van der Waals surface area contributed by atoms with Crippen molar-refractivity contribution in [2.45, 2.75) is 19.8 Å². The molecule has 6 heteroatoms. The van der Waals surface area contributed by atoms with Crippen molar-refractivity contribution < 1.29 is 14.7 Å². The van der Waals surface area contributed by atoms with Gasteiger partial charge in [0.1, 0.15) is 5.92 Å². The first-order chi connectivity index (χ1) is 10.1. The molecule has 0 spiro atoms. The quantitative estimate of drug-likeness (QED) is 0.221. The second kappa shape index (κ2) is 8.97. The Bertz CT molecular complexity index is 460. The van der Waals surface area contributed by atoms with Crippen LogP contribution in [-0.4, -0.2) is 36.7 Å². The van der Waals surface area contributed by atoms with Crippen LogP contribution in [0.15, 0.2) is 35.5 Å². The van der Waals surface area contributed by atoms with Gasteiger partial charge in [0.15, 0.2) is 5.84 Å². The number of oxime groups is 1. The van der Waals surface area contributed by atoms with Crippen molar-refractivity contribution >= 4 is 11.7 Å². The number of carbonyl (C=O) groups is 1. The molecule has 1 aromatic rings. The van der Waals surface area contributed by atoms with Crippen LogP contribution in [0.3, 0.4) is 0 Å². The highest BCUT2D eigenvalue weighted by molar-refractivity contribution is 6.07. The number of nitrogens with one attached hydrogen (secondary N) is 1. The van der Waals surface area contributed by atoms with E-state index in [4.69, 9.17) is 15.7 Å². The molecule has 0 radical (unpaired) electrons. The number of ether oxygens (including phenoxy) is 1. The van der Waals surface area contributed by atoms with Gasteiger partial charge in [0.25, 0.3) is 0 Å². The van der Waals surface area contributed by atoms with Crippen LogP contribution in [0.25, 0.3) is 0 Å². The Hall–Kier alpha value is -2.08. The highest BCUT2D eigenvalue weighted by Gasteiger charge is 2.24. The van der Waals surface area contributed by atoms with Crippen LogP contribution < -0.4 is 11.1 Å². The lowest BCUT2D eigenvalue weighted by Gasteiger charge is -2.16. The number of amidine groups is 1. The Morgan fingerprint density at radius 3 is 2.62 bits per heavy atom. The fourth-order valence-corrected chi connectivity index (χ4v) is 1.83. The minimum Gasteiger partial charge on any atom is -0.409 e. The SMILES string of the molecule is CC(C)COCCNC(=O)C(/C(N)=N/O)c1ccccc1. The lowest BCUT2D eigenvalue weighted by atomic mass is 9.97. The van der Waals surface area contributed by atoms with Crippen LogP contribution in [0, 0.1) is 5.92 Å². The monoisotopic (exact) mass is 293 g/mol. The first-order valence-corrected chi connectivity index (χ1v) is 6.94. The Kier molecular flexibility index (Phi) is 7.25. The van der Waals surface area contributed by atoms with Crippen molar-refractivity contribution in [2.75, 3.05) is 19.8 Å². The summed E-state index contributed by atoms with van der Waals surface area (Å²) in [7, 11) is 0. The second-order valence-corrected chi connectivity index (χ2v) is 5.13. The second-order valence-electron chi connectivity index (χ2n) is 5.13. The first kappa shape index (κ1) is 17.0. The molecule has 0 aromatic heterocycles. The number of hydrogen-bond donors (Lipinski definition) is 3. The molecule has 21 heavy (non-hydrogen) atoms. The highest BCUT2D eigenvalue weighted by Crippen LogP contribution is 2.15. The van der Waals surface area contributed by atoms with Gasteiger partial charge in [-0.25, -0.2) is 0 Å². The molecule has 6 nitrogen and oxygen atoms in total. The maximum Gasteiger partial charge on any atom is 0.235 e. The van der Waals surface area contributed by atoms with Gasteiger partial charge in [-0.15, -0.1) is 0 Å². The molecule has 0 bridgehead atoms. The van der Waals surface area contributed by atoms with Gasteiger partial charge in [0.2, 0.25) is 5.91 Å². The predicted octanol–water partition coefficient (Wildman–Crippen LogP) is 1.31. The summed E-state index contributed by atoms with van der Waals surface area (Å²) < 4.78 is 5.39. The van der Waals surface area contributed by atoms with Crippen molar-refractivity contribution in [3.8, 4) is 0 Å². The largest absolute Gasteiger partial charge is 0.409 e. The van der Waals surface area contributed by atoms with Crippen molar-refractivity contribution in [1.82, 2.24) is 5.32 Å². The Balaban J connectivity index is 2.58. The van der Waals surface area contributed by atoms with Crippen molar-refractivity contribution in [3.63, 3.8) is 0 Å². The van der Waals surface area contributed by atoms with E-state index in [1.165, 1.54) is 0 Å². The molecule has 0 aliphatic heterocycles. The average molecular weight is 293 g/mol. The molecule has 0 saturated carbocycles. The zero-order valence-electron chi connectivity index (χ0n) is 12.5. The molecule has 1 rings (SSSR count). The lowest BCUT2D eigenvalue weighted by Crippen LogP contribution is -2.38. The lowest BCUT2D eigenvalue weighted by molar-refractivity contribution is -0.121. The molecule has 0 fully saturated rings. The number of hydrogen-bond acceptors (Lipinski definition) is 4. The molecule has 116 valence electrons. The van der Waals surface area contributed by atoms with E-state index in [2.05, 4.69) is 24.3 Å². The molecular weight excluding hydrogens is 270 g/mol. The number of nitrogens with two attached hydrogens (primary N) is 1. The van der Waals surface area contributed by atoms with E-state index >= 15 is 0 Å². The van der Waals surface area contributed by atoms with Crippen molar-refractivity contribution in [1.29, 1.82) is 0 Å². The molecule has 0 aliphatic rings. The minimum absolute atomic E-state index is 0.137. The molecule has 0 saturated heterocycles. The van der Waals surface area contributed by atoms with Crippen LogP contribution in [0.5, 0.6) is 0 Å². The van der Waals surface area contributed by atoms with E-state index < -0.39 is 5.92 Å². The molecule has 4 N–H and O–H groups in total. The number of carbonyl (C=O) groups excluding carboxylic acids is 1. The normalized spacial score (nSPS) is 13.2. The fraction of sp³-hybridized carbons (Fsp3) is 0.467. The van der Waals surface area contributed by atoms with E-state index in [0.29, 0.717) is 31.2 Å². The van der Waals surface area contributed by atoms with Crippen LogP contribution >= 0.6 is 0 Å². The Labute approximate surface area is 125 Å². The number of amides is 1. The maximum absolute atomic E-state index is 12.2. The van der Waals surface area contributed by atoms with Gasteiger partial charge in [-0.1, -0.05) is 49.3 Å². The maximum atomic E-state index is 12.2. The third-order valence-electron chi connectivity index (χ3n) is 2.80. The van der Waals surface area contributed by atoms with Crippen LogP contribution in [0.4, 0.5) is 0 Å². The smallest absolute Gasteiger partial charge is 0.235 e. The minimum atomic E-state index is -0.804. The first-order valence-electron chi connectivity index (χ1n) is 6.94. The van der Waals surface area contributed by atoms with Gasteiger partial charge >= 0.3 is 0 Å². The number of nitrogens with zero attached hydrogens (tertiary/aromatic N) is 1. The summed E-state index contributed by atoms with van der Waals surface area (Å²) >= 11 is 0. The summed E-state index contributed by atoms with van der Waals surface area (Å²) in [5.74, 6) is -0.803. The Morgan fingerprint density at radius 1 is 1.38 bits per heavy atom. The molecule has 0 heterocycles. The van der Waals surface area contributed by atoms with E-state index in [1.54, 1.807) is 24.3 Å². The van der Waals surface area contributed by atoms with E-state index in [1.807, 2.05) is 6.07 Å². The topological polar surface area (TPSA) is 96.9 Å². The zero-order chi connectivity index (χ0) is 15.7. The Morgan fingerprint density at radius 2 is 2.05 bits per heavy atom. The van der Waals surface area contributed by atoms with E-state index in [0.717, 1.165) is 0 Å². The molecule has 1 amide bonds. The third kappa shape index (κ3) is 5.83. The van der Waals surface area contributed by atoms with Crippen molar-refractivity contribution in [2.24, 2.45) is 16.8 Å². The van der Waals surface area contributed by atoms with Gasteiger partial charge in [0.05, 0.1) is 6.61 Å². The predicted molar refractivity (Wildman–Crippen MR) is 81.3 cm³/mol. The summed E-state index contributed by atoms with van der Waals surface area (Å²) in [6.45, 7) is 5.58. The third-order valence-corrected chi connectivity index (χ3v) is 2.80. The summed E-state index contributed by atoms with van der Waals surface area (Å²) in [5, 5.41) is 14.5. The molecule has 1 atom stereocenters. The van der Waals surface area contributed by atoms with Crippen LogP contribution in [0.1, 0.15) is 25.3 Å². The van der Waals surface area contributed by atoms with Crippen LogP contribution in [0.2, 0.25) is 0 Å². The fourth-order valence-electron chi connectivity index (χ4n) is 1.83. The number of rotatable bonds is 8.